The second-order valence-corrected chi connectivity index (χ2v) is 6.54. The molecule has 20 heavy (non-hydrogen) atoms. The molecule has 0 amide bonds. The van der Waals surface area contributed by atoms with Crippen molar-refractivity contribution in [1.29, 1.82) is 0 Å². The SMILES string of the molecule is CC(C)c1cccc(C2(N)CCC3(CC2)OCCO3)c1. The molecule has 1 heterocycles. The van der Waals surface area contributed by atoms with Gasteiger partial charge in [-0.1, -0.05) is 38.1 Å². The van der Waals surface area contributed by atoms with E-state index in [1.807, 2.05) is 0 Å². The first-order valence-corrected chi connectivity index (χ1v) is 7.70. The third-order valence-electron chi connectivity index (χ3n) is 4.85. The molecule has 1 aromatic rings. The summed E-state index contributed by atoms with van der Waals surface area (Å²) in [6.45, 7) is 5.89. The number of nitrogens with two attached hydrogens (primary N) is 1. The minimum atomic E-state index is -0.335. The molecule has 3 heteroatoms. The van der Waals surface area contributed by atoms with Gasteiger partial charge >= 0.3 is 0 Å². The van der Waals surface area contributed by atoms with E-state index in [-0.39, 0.29) is 11.3 Å². The van der Waals surface area contributed by atoms with E-state index in [0.29, 0.717) is 5.92 Å². The predicted octanol–water partition coefficient (Wildman–Crippen LogP) is 3.28. The molecule has 3 rings (SSSR count). The number of hydrogen-bond acceptors (Lipinski definition) is 3. The van der Waals surface area contributed by atoms with Crippen molar-refractivity contribution >= 4 is 0 Å². The fourth-order valence-corrected chi connectivity index (χ4v) is 3.36. The smallest absolute Gasteiger partial charge is 0.168 e. The van der Waals surface area contributed by atoms with Crippen molar-refractivity contribution in [2.75, 3.05) is 13.2 Å². The van der Waals surface area contributed by atoms with Gasteiger partial charge in [-0.2, -0.15) is 0 Å². The minimum Gasteiger partial charge on any atom is -0.348 e. The number of hydrogen-bond donors (Lipinski definition) is 1. The molecule has 1 saturated carbocycles. The Labute approximate surface area is 121 Å². The molecule has 0 radical (unpaired) electrons. The van der Waals surface area contributed by atoms with E-state index >= 15 is 0 Å². The average Bonchev–Trinajstić information content (AvgIpc) is 2.92. The summed E-state index contributed by atoms with van der Waals surface area (Å²) in [5.41, 5.74) is 9.08. The molecule has 0 unspecified atom stereocenters. The molecule has 1 saturated heterocycles. The van der Waals surface area contributed by atoms with Crippen molar-refractivity contribution in [3.63, 3.8) is 0 Å². The lowest BCUT2D eigenvalue weighted by atomic mass is 9.74. The van der Waals surface area contributed by atoms with Crippen LogP contribution in [0, 0.1) is 0 Å². The lowest BCUT2D eigenvalue weighted by molar-refractivity contribution is -0.185. The highest BCUT2D eigenvalue weighted by atomic mass is 16.7. The molecule has 2 fully saturated rings. The van der Waals surface area contributed by atoms with E-state index in [9.17, 15) is 0 Å². The number of rotatable bonds is 2. The van der Waals surface area contributed by atoms with Crippen LogP contribution < -0.4 is 5.73 Å². The predicted molar refractivity (Wildman–Crippen MR) is 79.5 cm³/mol. The van der Waals surface area contributed by atoms with Gasteiger partial charge < -0.3 is 15.2 Å². The zero-order valence-corrected chi connectivity index (χ0v) is 12.5. The van der Waals surface area contributed by atoms with Gasteiger partial charge in [-0.15, -0.1) is 0 Å². The molecule has 3 nitrogen and oxygen atoms in total. The van der Waals surface area contributed by atoms with Crippen LogP contribution in [0.25, 0.3) is 0 Å². The Morgan fingerprint density at radius 2 is 1.70 bits per heavy atom. The third kappa shape index (κ3) is 2.50. The molecule has 0 bridgehead atoms. The highest BCUT2D eigenvalue weighted by molar-refractivity contribution is 5.31. The zero-order chi connectivity index (χ0) is 14.2. The van der Waals surface area contributed by atoms with Crippen LogP contribution in [0.1, 0.15) is 56.6 Å². The molecule has 1 aliphatic carbocycles. The standard InChI is InChI=1S/C17H25NO2/c1-13(2)14-4-3-5-15(12-14)16(18)6-8-17(9-7-16)19-10-11-20-17/h3-5,12-13H,6-11,18H2,1-2H3. The number of ether oxygens (including phenoxy) is 2. The normalized spacial score (nSPS) is 24.4. The maximum atomic E-state index is 6.69. The van der Waals surface area contributed by atoms with Gasteiger partial charge in [0.2, 0.25) is 0 Å². The summed E-state index contributed by atoms with van der Waals surface area (Å²) < 4.78 is 11.6. The van der Waals surface area contributed by atoms with Crippen LogP contribution in [0.2, 0.25) is 0 Å². The zero-order valence-electron chi connectivity index (χ0n) is 12.5. The Morgan fingerprint density at radius 3 is 2.30 bits per heavy atom. The van der Waals surface area contributed by atoms with Gasteiger partial charge in [0, 0.05) is 18.4 Å². The summed E-state index contributed by atoms with van der Waals surface area (Å²) in [7, 11) is 0. The Bertz CT molecular complexity index is 468. The summed E-state index contributed by atoms with van der Waals surface area (Å²) in [6.07, 6.45) is 3.65. The summed E-state index contributed by atoms with van der Waals surface area (Å²) in [5.74, 6) is 0.202. The van der Waals surface area contributed by atoms with Crippen molar-refractivity contribution in [1.82, 2.24) is 0 Å². The quantitative estimate of drug-likeness (QED) is 0.901. The van der Waals surface area contributed by atoms with Crippen LogP contribution in [0.4, 0.5) is 0 Å². The molecular weight excluding hydrogens is 250 g/mol. The van der Waals surface area contributed by atoms with Gasteiger partial charge in [-0.25, -0.2) is 0 Å². The van der Waals surface area contributed by atoms with Crippen molar-refractivity contribution in [3.8, 4) is 0 Å². The molecule has 0 aromatic heterocycles. The second kappa shape index (κ2) is 5.14. The first-order chi connectivity index (χ1) is 9.53. The van der Waals surface area contributed by atoms with Crippen LogP contribution in [0.15, 0.2) is 24.3 Å². The molecule has 1 spiro atoms. The molecule has 2 aliphatic rings. The van der Waals surface area contributed by atoms with Crippen molar-refractivity contribution in [3.05, 3.63) is 35.4 Å². The fraction of sp³-hybridized carbons (Fsp3) is 0.647. The van der Waals surface area contributed by atoms with E-state index in [4.69, 9.17) is 15.2 Å². The lowest BCUT2D eigenvalue weighted by Crippen LogP contribution is -2.47. The molecule has 1 aromatic carbocycles. The molecule has 110 valence electrons. The maximum absolute atomic E-state index is 6.69. The summed E-state index contributed by atoms with van der Waals surface area (Å²) >= 11 is 0. The van der Waals surface area contributed by atoms with Crippen LogP contribution >= 0.6 is 0 Å². The Hall–Kier alpha value is -0.900. The van der Waals surface area contributed by atoms with Crippen molar-refractivity contribution in [2.45, 2.75) is 56.8 Å². The second-order valence-electron chi connectivity index (χ2n) is 6.54. The molecule has 2 N–H and O–H groups in total. The van der Waals surface area contributed by atoms with E-state index in [2.05, 4.69) is 38.1 Å². The van der Waals surface area contributed by atoms with Crippen LogP contribution in [0.5, 0.6) is 0 Å². The third-order valence-corrected chi connectivity index (χ3v) is 4.85. The van der Waals surface area contributed by atoms with Crippen molar-refractivity contribution < 1.29 is 9.47 Å². The minimum absolute atomic E-state index is 0.231. The highest BCUT2D eigenvalue weighted by Crippen LogP contribution is 2.43. The van der Waals surface area contributed by atoms with Crippen LogP contribution in [-0.2, 0) is 15.0 Å². The van der Waals surface area contributed by atoms with E-state index in [0.717, 1.165) is 38.9 Å². The fourth-order valence-electron chi connectivity index (χ4n) is 3.36. The molecular formula is C17H25NO2. The monoisotopic (exact) mass is 275 g/mol. The van der Waals surface area contributed by atoms with Gasteiger partial charge in [0.05, 0.1) is 13.2 Å². The molecule has 1 aliphatic heterocycles. The Kier molecular flexibility index (Phi) is 3.61. The Balaban J connectivity index is 1.78. The van der Waals surface area contributed by atoms with Gasteiger partial charge in [0.1, 0.15) is 0 Å². The lowest BCUT2D eigenvalue weighted by Gasteiger charge is -2.42. The highest BCUT2D eigenvalue weighted by Gasteiger charge is 2.45. The van der Waals surface area contributed by atoms with Gasteiger partial charge in [0.15, 0.2) is 5.79 Å². The van der Waals surface area contributed by atoms with Crippen molar-refractivity contribution in [2.24, 2.45) is 5.73 Å². The van der Waals surface area contributed by atoms with Crippen LogP contribution in [0.3, 0.4) is 0 Å². The van der Waals surface area contributed by atoms with Gasteiger partial charge in [-0.05, 0) is 29.9 Å². The van der Waals surface area contributed by atoms with E-state index in [1.165, 1.54) is 11.1 Å². The summed E-state index contributed by atoms with van der Waals surface area (Å²) in [4.78, 5) is 0. The average molecular weight is 275 g/mol. The molecule has 0 atom stereocenters. The first kappa shape index (κ1) is 14.1. The van der Waals surface area contributed by atoms with Crippen LogP contribution in [-0.4, -0.2) is 19.0 Å². The maximum Gasteiger partial charge on any atom is 0.168 e. The van der Waals surface area contributed by atoms with Gasteiger partial charge in [-0.3, -0.25) is 0 Å². The summed E-state index contributed by atoms with van der Waals surface area (Å²) in [5, 5.41) is 0. The first-order valence-electron chi connectivity index (χ1n) is 7.70. The largest absolute Gasteiger partial charge is 0.348 e. The summed E-state index contributed by atoms with van der Waals surface area (Å²) in [6, 6.07) is 8.76. The van der Waals surface area contributed by atoms with E-state index in [1.54, 1.807) is 0 Å². The number of benzene rings is 1. The Morgan fingerprint density at radius 1 is 1.05 bits per heavy atom. The van der Waals surface area contributed by atoms with Gasteiger partial charge in [0.25, 0.3) is 0 Å². The topological polar surface area (TPSA) is 44.5 Å². The van der Waals surface area contributed by atoms with E-state index < -0.39 is 0 Å².